The monoisotopic (exact) mass is 273 g/mol. The summed E-state index contributed by atoms with van der Waals surface area (Å²) in [5.74, 6) is 0.593. The van der Waals surface area contributed by atoms with Gasteiger partial charge in [0.05, 0.1) is 7.11 Å². The molecule has 0 saturated heterocycles. The number of nitrogens with two attached hydrogens (primary N) is 1. The maximum atomic E-state index is 9.69. The Hall–Kier alpha value is -0.740. The van der Waals surface area contributed by atoms with Crippen LogP contribution in [0.15, 0.2) is 16.6 Å². The number of halogens is 1. The van der Waals surface area contributed by atoms with Gasteiger partial charge in [0.25, 0.3) is 0 Å². The van der Waals surface area contributed by atoms with Crippen molar-refractivity contribution in [1.29, 1.82) is 0 Å². The van der Waals surface area contributed by atoms with Crippen LogP contribution in [0.4, 0.5) is 0 Å². The Morgan fingerprint density at radius 3 is 2.53 bits per heavy atom. The van der Waals surface area contributed by atoms with Crippen LogP contribution in [0, 0.1) is 0 Å². The van der Waals surface area contributed by atoms with Crippen molar-refractivity contribution < 1.29 is 9.84 Å². The van der Waals surface area contributed by atoms with Gasteiger partial charge in [-0.3, -0.25) is 0 Å². The van der Waals surface area contributed by atoms with E-state index in [0.717, 1.165) is 10.0 Å². The fourth-order valence-electron chi connectivity index (χ4n) is 1.34. The number of phenolic OH excluding ortho intramolecular Hbond substituents is 1. The fourth-order valence-corrected chi connectivity index (χ4v) is 2.19. The minimum atomic E-state index is -0.178. The maximum Gasteiger partial charge on any atom is 0.161 e. The number of ether oxygens (including phenoxy) is 1. The Morgan fingerprint density at radius 2 is 2.07 bits per heavy atom. The fraction of sp³-hybridized carbons (Fsp3) is 0.455. The van der Waals surface area contributed by atoms with Crippen molar-refractivity contribution in [1.82, 2.24) is 0 Å². The number of phenols is 1. The number of benzene rings is 1. The van der Waals surface area contributed by atoms with Crippen LogP contribution < -0.4 is 10.5 Å². The first-order valence-corrected chi connectivity index (χ1v) is 5.48. The Balaban J connectivity index is 3.28. The average molecular weight is 274 g/mol. The first-order chi connectivity index (χ1) is 6.92. The van der Waals surface area contributed by atoms with Crippen LogP contribution in [0.2, 0.25) is 0 Å². The second kappa shape index (κ2) is 4.41. The van der Waals surface area contributed by atoms with Crippen molar-refractivity contribution >= 4 is 15.9 Å². The summed E-state index contributed by atoms with van der Waals surface area (Å²) in [6.45, 7) is 4.56. The largest absolute Gasteiger partial charge is 0.504 e. The molecule has 0 unspecified atom stereocenters. The molecule has 0 aromatic heterocycles. The molecule has 0 heterocycles. The van der Waals surface area contributed by atoms with Gasteiger partial charge in [0.2, 0.25) is 0 Å². The minimum absolute atomic E-state index is 0.136. The molecular formula is C11H16BrNO2. The number of methoxy groups -OCH3 is 1. The minimum Gasteiger partial charge on any atom is -0.504 e. The van der Waals surface area contributed by atoms with Crippen LogP contribution in [0.25, 0.3) is 0 Å². The Morgan fingerprint density at radius 1 is 1.47 bits per heavy atom. The van der Waals surface area contributed by atoms with Crippen molar-refractivity contribution in [3.8, 4) is 11.5 Å². The molecule has 1 rings (SSSR count). The van der Waals surface area contributed by atoms with E-state index >= 15 is 0 Å². The number of hydrogen-bond acceptors (Lipinski definition) is 3. The molecule has 0 aliphatic rings. The zero-order valence-corrected chi connectivity index (χ0v) is 10.8. The van der Waals surface area contributed by atoms with E-state index in [1.165, 1.54) is 7.11 Å². The molecule has 0 bridgehead atoms. The highest BCUT2D eigenvalue weighted by Crippen LogP contribution is 2.37. The lowest BCUT2D eigenvalue weighted by Crippen LogP contribution is -2.28. The number of rotatable bonds is 3. The highest BCUT2D eigenvalue weighted by atomic mass is 79.9. The summed E-state index contributed by atoms with van der Waals surface area (Å²) in [4.78, 5) is 0. The van der Waals surface area contributed by atoms with Crippen molar-refractivity contribution in [2.45, 2.75) is 19.3 Å². The van der Waals surface area contributed by atoms with Gasteiger partial charge >= 0.3 is 0 Å². The number of aromatic hydroxyl groups is 1. The van der Waals surface area contributed by atoms with Crippen LogP contribution in [0.3, 0.4) is 0 Å². The topological polar surface area (TPSA) is 55.5 Å². The summed E-state index contributed by atoms with van der Waals surface area (Å²) < 4.78 is 5.91. The molecule has 0 saturated carbocycles. The van der Waals surface area contributed by atoms with Gasteiger partial charge < -0.3 is 15.6 Å². The Labute approximate surface area is 98.4 Å². The first-order valence-electron chi connectivity index (χ1n) is 4.69. The standard InChI is InChI=1S/C11H16BrNO2/c1-11(2,6-13)7-4-9(14)10(15-3)5-8(7)12/h4-5,14H,6,13H2,1-3H3. The van der Waals surface area contributed by atoms with Gasteiger partial charge in [0, 0.05) is 16.4 Å². The second-order valence-electron chi connectivity index (χ2n) is 4.09. The van der Waals surface area contributed by atoms with E-state index in [9.17, 15) is 5.11 Å². The summed E-state index contributed by atoms with van der Waals surface area (Å²) in [5.41, 5.74) is 6.49. The SMILES string of the molecule is COc1cc(Br)c(C(C)(C)CN)cc1O. The molecule has 15 heavy (non-hydrogen) atoms. The van der Waals surface area contributed by atoms with Crippen LogP contribution in [-0.2, 0) is 5.41 Å². The molecule has 0 fully saturated rings. The van der Waals surface area contributed by atoms with Crippen LogP contribution in [-0.4, -0.2) is 18.8 Å². The van der Waals surface area contributed by atoms with E-state index in [4.69, 9.17) is 10.5 Å². The van der Waals surface area contributed by atoms with E-state index in [-0.39, 0.29) is 11.2 Å². The van der Waals surface area contributed by atoms with Crippen LogP contribution >= 0.6 is 15.9 Å². The zero-order valence-electron chi connectivity index (χ0n) is 9.17. The van der Waals surface area contributed by atoms with E-state index < -0.39 is 0 Å². The molecule has 1 aromatic carbocycles. The van der Waals surface area contributed by atoms with Gasteiger partial charge in [-0.25, -0.2) is 0 Å². The lowest BCUT2D eigenvalue weighted by molar-refractivity contribution is 0.371. The Kier molecular flexibility index (Phi) is 3.62. The van der Waals surface area contributed by atoms with Crippen molar-refractivity contribution in [3.05, 3.63) is 22.2 Å². The zero-order chi connectivity index (χ0) is 11.6. The normalized spacial score (nSPS) is 11.5. The molecule has 0 aliphatic carbocycles. The summed E-state index contributed by atoms with van der Waals surface area (Å²) in [6, 6.07) is 3.44. The molecule has 3 N–H and O–H groups in total. The average Bonchev–Trinajstić information content (AvgIpc) is 2.20. The van der Waals surface area contributed by atoms with Gasteiger partial charge in [0.15, 0.2) is 11.5 Å². The lowest BCUT2D eigenvalue weighted by atomic mass is 9.84. The van der Waals surface area contributed by atoms with Crippen molar-refractivity contribution in [2.75, 3.05) is 13.7 Å². The first kappa shape index (κ1) is 12.3. The van der Waals surface area contributed by atoms with Gasteiger partial charge in [-0.05, 0) is 17.7 Å². The summed E-state index contributed by atoms with van der Waals surface area (Å²) in [7, 11) is 1.52. The van der Waals surface area contributed by atoms with E-state index in [1.807, 2.05) is 13.8 Å². The van der Waals surface area contributed by atoms with Crippen molar-refractivity contribution in [3.63, 3.8) is 0 Å². The van der Waals surface area contributed by atoms with Gasteiger partial charge in [0.1, 0.15) is 0 Å². The number of hydrogen-bond donors (Lipinski definition) is 2. The molecular weight excluding hydrogens is 258 g/mol. The van der Waals surface area contributed by atoms with Gasteiger partial charge in [-0.15, -0.1) is 0 Å². The third-order valence-corrected chi connectivity index (χ3v) is 3.16. The summed E-state index contributed by atoms with van der Waals surface area (Å²) in [5, 5.41) is 9.69. The van der Waals surface area contributed by atoms with Gasteiger partial charge in [-0.1, -0.05) is 29.8 Å². The second-order valence-corrected chi connectivity index (χ2v) is 4.95. The lowest BCUT2D eigenvalue weighted by Gasteiger charge is -2.25. The summed E-state index contributed by atoms with van der Waals surface area (Å²) in [6.07, 6.45) is 0. The highest BCUT2D eigenvalue weighted by Gasteiger charge is 2.23. The van der Waals surface area contributed by atoms with Gasteiger partial charge in [-0.2, -0.15) is 0 Å². The third-order valence-electron chi connectivity index (χ3n) is 2.51. The van der Waals surface area contributed by atoms with Crippen LogP contribution in [0.5, 0.6) is 11.5 Å². The molecule has 0 aliphatic heterocycles. The van der Waals surface area contributed by atoms with E-state index in [2.05, 4.69) is 15.9 Å². The van der Waals surface area contributed by atoms with Crippen LogP contribution in [0.1, 0.15) is 19.4 Å². The molecule has 4 heteroatoms. The molecule has 84 valence electrons. The third kappa shape index (κ3) is 2.44. The highest BCUT2D eigenvalue weighted by molar-refractivity contribution is 9.10. The smallest absolute Gasteiger partial charge is 0.161 e. The van der Waals surface area contributed by atoms with E-state index in [1.54, 1.807) is 12.1 Å². The molecule has 3 nitrogen and oxygen atoms in total. The quantitative estimate of drug-likeness (QED) is 0.889. The molecule has 0 atom stereocenters. The molecule has 0 radical (unpaired) electrons. The van der Waals surface area contributed by atoms with E-state index in [0.29, 0.717) is 12.3 Å². The molecule has 0 amide bonds. The van der Waals surface area contributed by atoms with Crippen molar-refractivity contribution in [2.24, 2.45) is 5.73 Å². The Bertz CT molecular complexity index is 364. The maximum absolute atomic E-state index is 9.69. The molecule has 1 aromatic rings. The predicted octanol–water partition coefficient (Wildman–Crippen LogP) is 2.40. The molecule has 0 spiro atoms. The predicted molar refractivity (Wildman–Crippen MR) is 64.4 cm³/mol. The summed E-state index contributed by atoms with van der Waals surface area (Å²) >= 11 is 3.45.